The molecule has 7 nitrogen and oxygen atoms in total. The lowest BCUT2D eigenvalue weighted by Crippen LogP contribution is -2.38. The molecule has 0 aliphatic rings. The maximum Gasteiger partial charge on any atom is 0.325 e. The fourth-order valence-electron chi connectivity index (χ4n) is 2.25. The van der Waals surface area contributed by atoms with Gasteiger partial charge in [0.2, 0.25) is 0 Å². The van der Waals surface area contributed by atoms with Crippen molar-refractivity contribution in [3.05, 3.63) is 47.8 Å². The first kappa shape index (κ1) is 17.7. The third kappa shape index (κ3) is 4.20. The van der Waals surface area contributed by atoms with Gasteiger partial charge < -0.3 is 14.4 Å². The third-order valence-electron chi connectivity index (χ3n) is 3.51. The van der Waals surface area contributed by atoms with E-state index in [1.165, 1.54) is 19.1 Å². The van der Waals surface area contributed by atoms with Crippen molar-refractivity contribution in [3.8, 4) is 5.69 Å². The maximum absolute atomic E-state index is 12.7. The zero-order chi connectivity index (χ0) is 17.5. The average Bonchev–Trinajstić information content (AvgIpc) is 3.00. The lowest BCUT2D eigenvalue weighted by Gasteiger charge is -2.19. The first-order chi connectivity index (χ1) is 11.6. The summed E-state index contributed by atoms with van der Waals surface area (Å²) < 4.78 is 11.3. The summed E-state index contributed by atoms with van der Waals surface area (Å²) in [5.74, 6) is -0.825. The molecule has 128 valence electrons. The zero-order valence-electron chi connectivity index (χ0n) is 14.1. The van der Waals surface area contributed by atoms with Crippen LogP contribution in [0.5, 0.6) is 0 Å². The molecule has 2 rings (SSSR count). The van der Waals surface area contributed by atoms with Gasteiger partial charge >= 0.3 is 5.97 Å². The van der Waals surface area contributed by atoms with Crippen LogP contribution in [0, 0.1) is 6.92 Å². The van der Waals surface area contributed by atoms with Crippen LogP contribution in [0.25, 0.3) is 5.69 Å². The van der Waals surface area contributed by atoms with Gasteiger partial charge in [-0.15, -0.1) is 0 Å². The van der Waals surface area contributed by atoms with Crippen molar-refractivity contribution in [1.82, 2.24) is 14.7 Å². The highest BCUT2D eigenvalue weighted by Gasteiger charge is 2.22. The number of hydrogen-bond donors (Lipinski definition) is 0. The summed E-state index contributed by atoms with van der Waals surface area (Å²) in [6, 6.07) is 11.2. The minimum Gasteiger partial charge on any atom is -0.468 e. The van der Waals surface area contributed by atoms with Crippen LogP contribution in [-0.2, 0) is 14.3 Å². The predicted octanol–water partition coefficient (Wildman–Crippen LogP) is 1.44. The van der Waals surface area contributed by atoms with Crippen LogP contribution in [0.1, 0.15) is 16.2 Å². The Balaban J connectivity index is 2.24. The molecule has 1 heterocycles. The summed E-state index contributed by atoms with van der Waals surface area (Å²) in [6.07, 6.45) is 0. The Kier molecular flexibility index (Phi) is 6.08. The van der Waals surface area contributed by atoms with Gasteiger partial charge in [-0.3, -0.25) is 9.59 Å². The van der Waals surface area contributed by atoms with Gasteiger partial charge in [0.25, 0.3) is 5.91 Å². The Bertz CT molecular complexity index is 697. The molecular formula is C17H21N3O4. The highest BCUT2D eigenvalue weighted by atomic mass is 16.5. The smallest absolute Gasteiger partial charge is 0.325 e. The van der Waals surface area contributed by atoms with Crippen LogP contribution in [0.4, 0.5) is 0 Å². The zero-order valence-corrected chi connectivity index (χ0v) is 14.1. The highest BCUT2D eigenvalue weighted by Crippen LogP contribution is 2.13. The van der Waals surface area contributed by atoms with Gasteiger partial charge in [-0.1, -0.05) is 18.2 Å². The van der Waals surface area contributed by atoms with Crippen molar-refractivity contribution in [1.29, 1.82) is 0 Å². The van der Waals surface area contributed by atoms with Gasteiger partial charge in [-0.25, -0.2) is 4.68 Å². The Morgan fingerprint density at radius 2 is 1.92 bits per heavy atom. The summed E-state index contributed by atoms with van der Waals surface area (Å²) in [6.45, 7) is 2.33. The summed E-state index contributed by atoms with van der Waals surface area (Å²) in [7, 11) is 2.82. The quantitative estimate of drug-likeness (QED) is 0.718. The molecule has 0 N–H and O–H groups in total. The van der Waals surface area contributed by atoms with E-state index in [1.807, 2.05) is 37.3 Å². The Morgan fingerprint density at radius 1 is 1.21 bits per heavy atom. The summed E-state index contributed by atoms with van der Waals surface area (Å²) in [5.41, 5.74) is 1.97. The number of aryl methyl sites for hydroxylation is 1. The maximum atomic E-state index is 12.7. The molecule has 0 unspecified atom stereocenters. The largest absolute Gasteiger partial charge is 0.468 e. The number of amides is 1. The molecule has 7 heteroatoms. The number of esters is 1. The molecule has 0 atom stereocenters. The molecule has 0 aliphatic heterocycles. The van der Waals surface area contributed by atoms with Crippen molar-refractivity contribution in [2.24, 2.45) is 0 Å². The molecule has 0 radical (unpaired) electrons. The molecule has 0 saturated carbocycles. The molecule has 2 aromatic rings. The van der Waals surface area contributed by atoms with E-state index in [-0.39, 0.29) is 24.7 Å². The first-order valence-corrected chi connectivity index (χ1v) is 7.54. The van der Waals surface area contributed by atoms with Crippen molar-refractivity contribution >= 4 is 11.9 Å². The van der Waals surface area contributed by atoms with Crippen LogP contribution in [0.3, 0.4) is 0 Å². The van der Waals surface area contributed by atoms with Gasteiger partial charge in [0, 0.05) is 19.3 Å². The molecule has 0 fully saturated rings. The molecular weight excluding hydrogens is 310 g/mol. The summed E-state index contributed by atoms with van der Waals surface area (Å²) >= 11 is 0. The number of rotatable bonds is 7. The second kappa shape index (κ2) is 8.26. The number of nitrogens with zero attached hydrogens (tertiary/aromatic N) is 3. The lowest BCUT2D eigenvalue weighted by molar-refractivity contribution is -0.141. The monoisotopic (exact) mass is 331 g/mol. The van der Waals surface area contributed by atoms with Gasteiger partial charge in [0.1, 0.15) is 6.54 Å². The van der Waals surface area contributed by atoms with E-state index in [0.29, 0.717) is 6.61 Å². The van der Waals surface area contributed by atoms with Gasteiger partial charge in [0.15, 0.2) is 5.69 Å². The van der Waals surface area contributed by atoms with Crippen LogP contribution in [0.2, 0.25) is 0 Å². The third-order valence-corrected chi connectivity index (χ3v) is 3.51. The molecule has 0 spiro atoms. The number of aromatic nitrogens is 2. The van der Waals surface area contributed by atoms with Crippen LogP contribution in [0.15, 0.2) is 36.4 Å². The van der Waals surface area contributed by atoms with E-state index in [4.69, 9.17) is 4.74 Å². The lowest BCUT2D eigenvalue weighted by atomic mass is 10.3. The Labute approximate surface area is 140 Å². The minimum atomic E-state index is -0.487. The van der Waals surface area contributed by atoms with Crippen molar-refractivity contribution in [2.45, 2.75) is 6.92 Å². The number of methoxy groups -OCH3 is 2. The second-order valence-electron chi connectivity index (χ2n) is 5.21. The van der Waals surface area contributed by atoms with E-state index < -0.39 is 5.97 Å². The number of carbonyl (C=O) groups excluding carboxylic acids is 2. The molecule has 0 aliphatic carbocycles. The molecule has 0 saturated heterocycles. The van der Waals surface area contributed by atoms with E-state index in [1.54, 1.807) is 10.7 Å². The minimum absolute atomic E-state index is 0.143. The molecule has 1 aromatic carbocycles. The molecule has 1 aromatic heterocycles. The molecule has 1 amide bonds. The standard InChI is InChI=1S/C17H21N3O4/c1-13-11-15(18-20(13)14-7-5-4-6-8-14)17(22)19(9-10-23-2)12-16(21)24-3/h4-8,11H,9-10,12H2,1-3H3. The summed E-state index contributed by atoms with van der Waals surface area (Å²) in [4.78, 5) is 25.6. The van der Waals surface area contributed by atoms with E-state index in [0.717, 1.165) is 11.4 Å². The first-order valence-electron chi connectivity index (χ1n) is 7.54. The Hall–Kier alpha value is -2.67. The van der Waals surface area contributed by atoms with E-state index in [9.17, 15) is 9.59 Å². The van der Waals surface area contributed by atoms with E-state index in [2.05, 4.69) is 9.84 Å². The van der Waals surface area contributed by atoms with Crippen LogP contribution < -0.4 is 0 Å². The molecule has 24 heavy (non-hydrogen) atoms. The van der Waals surface area contributed by atoms with Gasteiger partial charge in [0.05, 0.1) is 19.4 Å². The number of carbonyl (C=O) groups is 2. The second-order valence-corrected chi connectivity index (χ2v) is 5.21. The van der Waals surface area contributed by atoms with Gasteiger partial charge in [-0.05, 0) is 25.1 Å². The van der Waals surface area contributed by atoms with Crippen molar-refractivity contribution in [2.75, 3.05) is 33.9 Å². The number of benzene rings is 1. The van der Waals surface area contributed by atoms with Crippen LogP contribution in [-0.4, -0.2) is 60.5 Å². The summed E-state index contributed by atoms with van der Waals surface area (Å²) in [5, 5.41) is 4.37. The predicted molar refractivity (Wildman–Crippen MR) is 88.1 cm³/mol. The average molecular weight is 331 g/mol. The number of hydrogen-bond acceptors (Lipinski definition) is 5. The van der Waals surface area contributed by atoms with E-state index >= 15 is 0 Å². The Morgan fingerprint density at radius 3 is 2.54 bits per heavy atom. The topological polar surface area (TPSA) is 73.7 Å². The fraction of sp³-hybridized carbons (Fsp3) is 0.353. The highest BCUT2D eigenvalue weighted by molar-refractivity contribution is 5.94. The van der Waals surface area contributed by atoms with Crippen molar-refractivity contribution < 1.29 is 19.1 Å². The van der Waals surface area contributed by atoms with Crippen LogP contribution >= 0.6 is 0 Å². The SMILES string of the molecule is COCCN(CC(=O)OC)C(=O)c1cc(C)n(-c2ccccc2)n1. The normalized spacial score (nSPS) is 10.5. The number of para-hydroxylation sites is 1. The number of ether oxygens (including phenoxy) is 2. The van der Waals surface area contributed by atoms with Gasteiger partial charge in [-0.2, -0.15) is 5.10 Å². The fourth-order valence-corrected chi connectivity index (χ4v) is 2.25. The molecule has 0 bridgehead atoms. The van der Waals surface area contributed by atoms with Crippen molar-refractivity contribution in [3.63, 3.8) is 0 Å².